The van der Waals surface area contributed by atoms with Crippen LogP contribution in [0.3, 0.4) is 0 Å². The van der Waals surface area contributed by atoms with Crippen LogP contribution in [0.2, 0.25) is 0 Å². The Morgan fingerprint density at radius 2 is 1.77 bits per heavy atom. The van der Waals surface area contributed by atoms with Crippen molar-refractivity contribution in [2.45, 2.75) is 70.8 Å². The molecule has 2 amide bonds. The normalized spacial score (nSPS) is 25.5. The van der Waals surface area contributed by atoms with Crippen LogP contribution in [-0.2, 0) is 16.0 Å². The summed E-state index contributed by atoms with van der Waals surface area (Å²) in [4.78, 5) is 28.8. The van der Waals surface area contributed by atoms with E-state index in [1.54, 1.807) is 7.11 Å². The SMILES string of the molecule is COc1cccc2c1CC[C@@H]1[C@H]2CCN1CCCCN1C(=O)CC(C)(C)CC1=O.Cl. The number of hydrogen-bond donors (Lipinski definition) is 0. The molecule has 2 atom stereocenters. The minimum absolute atomic E-state index is 0. The Kier molecular flexibility index (Phi) is 7.13. The van der Waals surface area contributed by atoms with Crippen LogP contribution in [0.4, 0.5) is 0 Å². The number of halogens is 1. The molecular weight excluding hydrogens is 400 g/mol. The van der Waals surface area contributed by atoms with Crippen LogP contribution in [0, 0.1) is 5.41 Å². The lowest BCUT2D eigenvalue weighted by molar-refractivity contribution is -0.152. The standard InChI is InChI=1S/C24H34N2O3.ClH/c1-24(2)15-22(27)26(23(28)16-24)13-5-4-12-25-14-11-18-17-7-6-8-21(29-3)19(17)9-10-20(18)25;/h6-8,18,20H,4-5,9-16H2,1-3H3;1H/t18-,20+;/m0./s1. The first kappa shape index (κ1) is 23.1. The summed E-state index contributed by atoms with van der Waals surface area (Å²) in [5, 5.41) is 0. The number of unbranched alkanes of at least 4 members (excludes halogenated alkanes) is 1. The van der Waals surface area contributed by atoms with E-state index in [9.17, 15) is 9.59 Å². The van der Waals surface area contributed by atoms with Crippen LogP contribution in [0.1, 0.15) is 69.4 Å². The lowest BCUT2D eigenvalue weighted by Gasteiger charge is -2.35. The molecule has 0 aromatic heterocycles. The molecule has 30 heavy (non-hydrogen) atoms. The van der Waals surface area contributed by atoms with E-state index in [0.717, 1.165) is 38.1 Å². The number of nitrogens with zero attached hydrogens (tertiary/aromatic N) is 2. The van der Waals surface area contributed by atoms with Crippen molar-refractivity contribution in [1.29, 1.82) is 0 Å². The maximum atomic E-state index is 12.3. The van der Waals surface area contributed by atoms with Gasteiger partial charge in [-0.25, -0.2) is 0 Å². The van der Waals surface area contributed by atoms with Gasteiger partial charge in [0.25, 0.3) is 0 Å². The molecular formula is C24H35ClN2O3. The molecule has 0 bridgehead atoms. The second-order valence-electron chi connectivity index (χ2n) is 9.73. The van der Waals surface area contributed by atoms with Crippen molar-refractivity contribution in [2.75, 3.05) is 26.7 Å². The first-order valence-electron chi connectivity index (χ1n) is 11.1. The highest BCUT2D eigenvalue weighted by Gasteiger charge is 2.39. The number of carbonyl (C=O) groups excluding carboxylic acids is 2. The van der Waals surface area contributed by atoms with Gasteiger partial charge in [0.2, 0.25) is 11.8 Å². The van der Waals surface area contributed by atoms with E-state index in [-0.39, 0.29) is 29.6 Å². The lowest BCUT2D eigenvalue weighted by Crippen LogP contribution is -2.46. The summed E-state index contributed by atoms with van der Waals surface area (Å²) in [5.74, 6) is 1.66. The van der Waals surface area contributed by atoms with E-state index in [1.807, 2.05) is 13.8 Å². The van der Waals surface area contributed by atoms with Gasteiger partial charge in [0, 0.05) is 31.3 Å². The van der Waals surface area contributed by atoms with Gasteiger partial charge in [0.05, 0.1) is 7.11 Å². The van der Waals surface area contributed by atoms with Gasteiger partial charge < -0.3 is 4.74 Å². The molecule has 0 N–H and O–H groups in total. The van der Waals surface area contributed by atoms with E-state index in [4.69, 9.17) is 4.74 Å². The minimum Gasteiger partial charge on any atom is -0.496 e. The zero-order valence-electron chi connectivity index (χ0n) is 18.5. The Hall–Kier alpha value is -1.59. The molecule has 6 heteroatoms. The summed E-state index contributed by atoms with van der Waals surface area (Å²) in [6.07, 6.45) is 6.39. The van der Waals surface area contributed by atoms with E-state index in [2.05, 4.69) is 23.1 Å². The monoisotopic (exact) mass is 434 g/mol. The number of piperidine rings is 1. The number of carbonyl (C=O) groups is 2. The molecule has 2 heterocycles. The van der Waals surface area contributed by atoms with Gasteiger partial charge in [-0.2, -0.15) is 0 Å². The van der Waals surface area contributed by atoms with Crippen LogP contribution < -0.4 is 4.74 Å². The number of ether oxygens (including phenoxy) is 1. The third kappa shape index (κ3) is 4.52. The van der Waals surface area contributed by atoms with Crippen molar-refractivity contribution < 1.29 is 14.3 Å². The van der Waals surface area contributed by atoms with Gasteiger partial charge in [-0.1, -0.05) is 26.0 Å². The third-order valence-electron chi connectivity index (χ3n) is 7.08. The fourth-order valence-electron chi connectivity index (χ4n) is 5.67. The van der Waals surface area contributed by atoms with E-state index in [1.165, 1.54) is 28.9 Å². The zero-order valence-corrected chi connectivity index (χ0v) is 19.3. The molecule has 3 aliphatic rings. The van der Waals surface area contributed by atoms with Crippen LogP contribution in [0.15, 0.2) is 18.2 Å². The van der Waals surface area contributed by atoms with Crippen molar-refractivity contribution >= 4 is 24.2 Å². The van der Waals surface area contributed by atoms with Crippen LogP contribution in [0.5, 0.6) is 5.75 Å². The van der Waals surface area contributed by atoms with Crippen LogP contribution in [0.25, 0.3) is 0 Å². The first-order chi connectivity index (χ1) is 13.9. The predicted molar refractivity (Wildman–Crippen MR) is 120 cm³/mol. The quantitative estimate of drug-likeness (QED) is 0.498. The molecule has 166 valence electrons. The van der Waals surface area contributed by atoms with E-state index in [0.29, 0.717) is 31.3 Å². The third-order valence-corrected chi connectivity index (χ3v) is 7.08. The number of benzene rings is 1. The van der Waals surface area contributed by atoms with Crippen LogP contribution >= 0.6 is 12.4 Å². The molecule has 2 saturated heterocycles. The van der Waals surface area contributed by atoms with E-state index < -0.39 is 0 Å². The average molecular weight is 435 g/mol. The molecule has 0 unspecified atom stereocenters. The summed E-state index contributed by atoms with van der Waals surface area (Å²) in [6, 6.07) is 7.11. The highest BCUT2D eigenvalue weighted by atomic mass is 35.5. The first-order valence-corrected chi connectivity index (χ1v) is 11.1. The minimum atomic E-state index is -0.185. The second kappa shape index (κ2) is 9.27. The Morgan fingerprint density at radius 1 is 1.07 bits per heavy atom. The Bertz CT molecular complexity index is 775. The van der Waals surface area contributed by atoms with Gasteiger partial charge in [0.15, 0.2) is 0 Å². The summed E-state index contributed by atoms with van der Waals surface area (Å²) >= 11 is 0. The molecule has 1 aliphatic carbocycles. The Labute approximate surface area is 186 Å². The van der Waals surface area contributed by atoms with Gasteiger partial charge in [0.1, 0.15) is 5.75 Å². The van der Waals surface area contributed by atoms with Crippen molar-refractivity contribution in [1.82, 2.24) is 9.80 Å². The molecule has 0 spiro atoms. The number of likely N-dealkylation sites (tertiary alicyclic amines) is 2. The number of methoxy groups -OCH3 is 1. The number of amides is 2. The maximum Gasteiger partial charge on any atom is 0.229 e. The van der Waals surface area contributed by atoms with Crippen molar-refractivity contribution in [2.24, 2.45) is 5.41 Å². The topological polar surface area (TPSA) is 49.9 Å². The largest absolute Gasteiger partial charge is 0.496 e. The van der Waals surface area contributed by atoms with Crippen molar-refractivity contribution in [3.8, 4) is 5.75 Å². The fraction of sp³-hybridized carbons (Fsp3) is 0.667. The predicted octanol–water partition coefficient (Wildman–Crippen LogP) is 4.18. The zero-order chi connectivity index (χ0) is 20.6. The smallest absolute Gasteiger partial charge is 0.229 e. The molecule has 0 saturated carbocycles. The van der Waals surface area contributed by atoms with Gasteiger partial charge in [-0.05, 0) is 67.8 Å². The van der Waals surface area contributed by atoms with E-state index >= 15 is 0 Å². The van der Waals surface area contributed by atoms with Gasteiger partial charge in [-0.15, -0.1) is 12.4 Å². The highest BCUT2D eigenvalue weighted by molar-refractivity contribution is 5.98. The average Bonchev–Trinajstić information content (AvgIpc) is 3.09. The number of fused-ring (bicyclic) bond motifs is 3. The highest BCUT2D eigenvalue weighted by Crippen LogP contribution is 2.44. The number of imide groups is 1. The summed E-state index contributed by atoms with van der Waals surface area (Å²) < 4.78 is 5.58. The fourth-order valence-corrected chi connectivity index (χ4v) is 5.67. The van der Waals surface area contributed by atoms with Crippen molar-refractivity contribution in [3.63, 3.8) is 0 Å². The molecule has 5 nitrogen and oxygen atoms in total. The molecule has 4 rings (SSSR count). The maximum absolute atomic E-state index is 12.3. The van der Waals surface area contributed by atoms with Crippen LogP contribution in [-0.4, -0.2) is 54.4 Å². The summed E-state index contributed by atoms with van der Waals surface area (Å²) in [5.41, 5.74) is 2.70. The lowest BCUT2D eigenvalue weighted by atomic mass is 9.79. The van der Waals surface area contributed by atoms with Gasteiger partial charge in [-0.3, -0.25) is 19.4 Å². The molecule has 2 fully saturated rings. The van der Waals surface area contributed by atoms with Gasteiger partial charge >= 0.3 is 0 Å². The Morgan fingerprint density at radius 3 is 2.47 bits per heavy atom. The Balaban J connectivity index is 0.00000256. The summed E-state index contributed by atoms with van der Waals surface area (Å²) in [7, 11) is 1.77. The second-order valence-corrected chi connectivity index (χ2v) is 9.73. The molecule has 0 radical (unpaired) electrons. The summed E-state index contributed by atoms with van der Waals surface area (Å²) in [6.45, 7) is 6.78. The molecule has 2 aliphatic heterocycles. The molecule has 1 aromatic carbocycles. The molecule has 1 aromatic rings. The van der Waals surface area contributed by atoms with Crippen molar-refractivity contribution in [3.05, 3.63) is 29.3 Å². The number of rotatable bonds is 6. The number of hydrogen-bond acceptors (Lipinski definition) is 4.